The largest absolute Gasteiger partial charge is 0.365 e. The average Bonchev–Trinajstić information content (AvgIpc) is 2.18. The van der Waals surface area contributed by atoms with Crippen molar-refractivity contribution >= 4 is 35.2 Å². The van der Waals surface area contributed by atoms with Crippen LogP contribution in [0.2, 0.25) is 5.02 Å². The second-order valence-electron chi connectivity index (χ2n) is 2.92. The van der Waals surface area contributed by atoms with Gasteiger partial charge in [0, 0.05) is 22.7 Å². The lowest BCUT2D eigenvalue weighted by Crippen LogP contribution is -2.42. The Morgan fingerprint density at radius 1 is 1.53 bits per heavy atom. The number of nitrogens with two attached hydrogens (primary N) is 1. The third-order valence-corrected chi connectivity index (χ3v) is 2.31. The molecule has 0 unspecified atom stereocenters. The predicted octanol–water partition coefficient (Wildman–Crippen LogP) is -1.34. The van der Waals surface area contributed by atoms with E-state index in [0.29, 0.717) is 10.4 Å². The summed E-state index contributed by atoms with van der Waals surface area (Å²) in [5, 5.41) is 4.64. The highest BCUT2D eigenvalue weighted by Gasteiger charge is 2.21. The summed E-state index contributed by atoms with van der Waals surface area (Å²) in [4.78, 5) is 22.4. The van der Waals surface area contributed by atoms with Gasteiger partial charge in [0.2, 0.25) is 0 Å². The van der Waals surface area contributed by atoms with E-state index in [1.54, 1.807) is 12.1 Å². The van der Waals surface area contributed by atoms with Crippen molar-refractivity contribution < 1.29 is 9.59 Å². The fraction of sp³-hybridized carbons (Fsp3) is 0. The summed E-state index contributed by atoms with van der Waals surface area (Å²) < 4.78 is 0. The quantitative estimate of drug-likeness (QED) is 0.636. The number of hydrogen-bond acceptors (Lipinski definition) is 2. The molecule has 0 aromatic heterocycles. The molecule has 1 aromatic rings. The van der Waals surface area contributed by atoms with E-state index in [-0.39, 0.29) is 10.6 Å². The van der Waals surface area contributed by atoms with E-state index in [9.17, 15) is 9.59 Å². The highest BCUT2D eigenvalue weighted by atomic mass is 35.5. The maximum Gasteiger partial charge on any atom is 0.283 e. The van der Waals surface area contributed by atoms with Crippen LogP contribution in [-0.2, 0) is 9.59 Å². The predicted molar refractivity (Wildman–Crippen MR) is 53.7 cm³/mol. The molecule has 1 heterocycles. The van der Waals surface area contributed by atoms with Crippen LogP contribution in [0.15, 0.2) is 12.1 Å². The molecule has 0 saturated heterocycles. The molecule has 0 fully saturated rings. The normalized spacial score (nSPS) is 13.9. The van der Waals surface area contributed by atoms with Crippen LogP contribution >= 0.6 is 11.6 Å². The van der Waals surface area contributed by atoms with Crippen LogP contribution in [0.25, 0.3) is 11.8 Å². The molecular weight excluding hydrogens is 216 g/mol. The summed E-state index contributed by atoms with van der Waals surface area (Å²) in [6.07, 6.45) is 1.35. The lowest BCUT2D eigenvalue weighted by atomic mass is 10.1. The number of nitrogens with zero attached hydrogens (tertiary/aromatic N) is 1. The van der Waals surface area contributed by atoms with Gasteiger partial charge in [-0.15, -0.1) is 0 Å². The van der Waals surface area contributed by atoms with Crippen molar-refractivity contribution in [1.82, 2.24) is 5.32 Å². The molecule has 15 heavy (non-hydrogen) atoms. The molecule has 1 aromatic carbocycles. The van der Waals surface area contributed by atoms with E-state index in [1.807, 2.05) is 0 Å². The van der Waals surface area contributed by atoms with Crippen LogP contribution in [0, 0.1) is 6.07 Å². The maximum absolute atomic E-state index is 11.3. The Morgan fingerprint density at radius 3 is 2.93 bits per heavy atom. The van der Waals surface area contributed by atoms with Crippen molar-refractivity contribution in [1.29, 1.82) is 0 Å². The van der Waals surface area contributed by atoms with Crippen LogP contribution in [-0.4, -0.2) is 11.8 Å². The third kappa shape index (κ3) is 1.49. The maximum atomic E-state index is 11.3. The van der Waals surface area contributed by atoms with Gasteiger partial charge in [-0.05, 0) is 0 Å². The van der Waals surface area contributed by atoms with Crippen LogP contribution < -0.4 is 21.5 Å². The molecule has 4 nitrogen and oxygen atoms in total. The number of halogens is 1. The zero-order valence-electron chi connectivity index (χ0n) is 7.45. The van der Waals surface area contributed by atoms with E-state index in [0.717, 1.165) is 0 Å². The molecule has 2 radical (unpaired) electrons. The molecule has 2 amide bonds. The summed E-state index contributed by atoms with van der Waals surface area (Å²) in [5.41, 5.74) is 4.91. The second-order valence-corrected chi connectivity index (χ2v) is 3.30. The van der Waals surface area contributed by atoms with Crippen LogP contribution in [0.1, 0.15) is 0 Å². The topological polar surface area (TPSA) is 74.3 Å². The van der Waals surface area contributed by atoms with E-state index < -0.39 is 11.8 Å². The average molecular weight is 221 g/mol. The summed E-state index contributed by atoms with van der Waals surface area (Å²) in [7, 11) is 0. The van der Waals surface area contributed by atoms with Crippen LogP contribution in [0.5, 0.6) is 0 Å². The Morgan fingerprint density at radius 2 is 2.27 bits per heavy atom. The Balaban J connectivity index is 3.00. The van der Waals surface area contributed by atoms with Gasteiger partial charge in [-0.3, -0.25) is 9.59 Å². The first kappa shape index (κ1) is 9.73. The zero-order chi connectivity index (χ0) is 11.0. The zero-order valence-corrected chi connectivity index (χ0v) is 8.21. The highest BCUT2D eigenvalue weighted by molar-refractivity contribution is 6.42. The summed E-state index contributed by atoms with van der Waals surface area (Å²) in [5.74, 6) is -1.50. The van der Waals surface area contributed by atoms with E-state index in [2.05, 4.69) is 11.4 Å². The van der Waals surface area contributed by atoms with Gasteiger partial charge in [0.15, 0.2) is 0 Å². The molecule has 2 N–H and O–H groups in total. The van der Waals surface area contributed by atoms with Crippen LogP contribution in [0.3, 0.4) is 0 Å². The molecule has 0 bridgehead atoms. The van der Waals surface area contributed by atoms with Gasteiger partial charge < -0.3 is 5.73 Å². The fourth-order valence-electron chi connectivity index (χ4n) is 1.38. The molecule has 1 aliphatic heterocycles. The molecule has 74 valence electrons. The van der Waals surface area contributed by atoms with Crippen molar-refractivity contribution in [2.75, 3.05) is 0 Å². The summed E-state index contributed by atoms with van der Waals surface area (Å²) >= 11 is 5.85. The minimum absolute atomic E-state index is 0.186. The van der Waals surface area contributed by atoms with Crippen molar-refractivity contribution in [2.45, 2.75) is 0 Å². The number of hydrogen-bond donors (Lipinski definition) is 1. The van der Waals surface area contributed by atoms with Crippen molar-refractivity contribution in [3.8, 4) is 0 Å². The number of benzene rings is 1. The minimum Gasteiger partial charge on any atom is -0.365 e. The monoisotopic (exact) mass is 220 g/mol. The van der Waals surface area contributed by atoms with Gasteiger partial charge in [0.25, 0.3) is 11.8 Å². The van der Waals surface area contributed by atoms with Gasteiger partial charge in [0.05, 0.1) is 5.02 Å². The fourth-order valence-corrected chi connectivity index (χ4v) is 1.64. The highest BCUT2D eigenvalue weighted by Crippen LogP contribution is 2.02. The molecule has 1 aliphatic rings. The van der Waals surface area contributed by atoms with Crippen LogP contribution in [0.4, 0.5) is 0 Å². The molecule has 0 atom stereocenters. The van der Waals surface area contributed by atoms with Gasteiger partial charge in [-0.1, -0.05) is 23.7 Å². The van der Waals surface area contributed by atoms with Crippen molar-refractivity contribution in [3.05, 3.63) is 33.7 Å². The van der Waals surface area contributed by atoms with Gasteiger partial charge >= 0.3 is 0 Å². The Labute approximate surface area is 90.0 Å². The number of rotatable bonds is 1. The second kappa shape index (κ2) is 3.40. The number of carbonyl (C=O) groups excluding carboxylic acids is 2. The smallest absolute Gasteiger partial charge is 0.283 e. The first-order chi connectivity index (χ1) is 7.11. The first-order valence-electron chi connectivity index (χ1n) is 4.07. The molecule has 0 saturated carbocycles. The van der Waals surface area contributed by atoms with Gasteiger partial charge in [0.1, 0.15) is 5.57 Å². The lowest BCUT2D eigenvalue weighted by Gasteiger charge is -2.06. The Hall–Kier alpha value is -1.81. The molecule has 0 aliphatic carbocycles. The number of fused-ring (bicyclic) bond motifs is 1. The summed E-state index contributed by atoms with van der Waals surface area (Å²) in [6.45, 7) is 0. The van der Waals surface area contributed by atoms with Crippen molar-refractivity contribution in [2.24, 2.45) is 5.73 Å². The molecular formula is C10H5ClN2O2. The number of primary amides is 1. The van der Waals surface area contributed by atoms with E-state index in [1.165, 1.54) is 6.20 Å². The number of amides is 2. The molecule has 0 spiro atoms. The van der Waals surface area contributed by atoms with E-state index >= 15 is 0 Å². The summed E-state index contributed by atoms with van der Waals surface area (Å²) in [6, 6.07) is 5.93. The van der Waals surface area contributed by atoms with Crippen molar-refractivity contribution in [3.63, 3.8) is 0 Å². The third-order valence-electron chi connectivity index (χ3n) is 2.01. The standard InChI is InChI=1S/C10H5ClN2O2/c11-6-3-1-2-5-4-13-10(15)8(7(5)6)9(12)14/h1-2,4H,(H2,12,14). The molecule has 5 heteroatoms. The first-order valence-corrected chi connectivity index (χ1v) is 4.45. The minimum atomic E-state index is -0.834. The lowest BCUT2D eigenvalue weighted by molar-refractivity contribution is -0.118. The Bertz CT molecular complexity index is 578. The Kier molecular flexibility index (Phi) is 2.21. The SMILES string of the molecule is NC(=O)C1=c2c(Cl)[c]ccc2=C[N]C1=O. The van der Waals surface area contributed by atoms with Gasteiger partial charge in [-0.25, -0.2) is 5.32 Å². The van der Waals surface area contributed by atoms with E-state index in [4.69, 9.17) is 17.3 Å². The van der Waals surface area contributed by atoms with Gasteiger partial charge in [-0.2, -0.15) is 0 Å². The molecule has 2 rings (SSSR count). The number of carbonyl (C=O) groups is 2.